The van der Waals surface area contributed by atoms with Gasteiger partial charge in [-0.25, -0.2) is 13.6 Å². The molecular weight excluding hydrogens is 363 g/mol. The number of nitrogen functional groups attached to an aromatic ring is 1. The van der Waals surface area contributed by atoms with Gasteiger partial charge in [-0.05, 0) is 13.3 Å². The van der Waals surface area contributed by atoms with Crippen molar-refractivity contribution in [3.05, 3.63) is 28.3 Å². The molecule has 4 N–H and O–H groups in total. The number of halogens is 2. The molecule has 24 heavy (non-hydrogen) atoms. The molecular formula is C12H10BF2N3O4S2. The van der Waals surface area contributed by atoms with Crippen molar-refractivity contribution in [2.24, 2.45) is 0 Å². The summed E-state index contributed by atoms with van der Waals surface area (Å²) in [5.41, 5.74) is 4.37. The number of carbonyl (C=O) groups is 1. The molecule has 0 radical (unpaired) electrons. The van der Waals surface area contributed by atoms with Gasteiger partial charge >= 0.3 is 13.1 Å². The Morgan fingerprint density at radius 1 is 1.46 bits per heavy atom. The number of anilines is 1. The Labute approximate surface area is 143 Å². The number of nitrogens with two attached hydrogens (primary N) is 1. The van der Waals surface area contributed by atoms with E-state index in [1.807, 2.05) is 0 Å². The van der Waals surface area contributed by atoms with Crippen LogP contribution in [0.1, 0.15) is 21.5 Å². The number of carboxylic acids is 1. The molecule has 0 bridgehead atoms. The van der Waals surface area contributed by atoms with Crippen LogP contribution >= 0.6 is 23.1 Å². The fourth-order valence-electron chi connectivity index (χ4n) is 2.39. The van der Waals surface area contributed by atoms with Gasteiger partial charge in [-0.2, -0.15) is 0 Å². The van der Waals surface area contributed by atoms with Crippen LogP contribution in [0.3, 0.4) is 0 Å². The van der Waals surface area contributed by atoms with E-state index in [0.29, 0.717) is 4.34 Å². The first-order valence-electron chi connectivity index (χ1n) is 6.63. The summed E-state index contributed by atoms with van der Waals surface area (Å²) in [6.07, 6.45) is -0.135. The number of carboxylic acid groups (broad SMARTS) is 1. The topological polar surface area (TPSA) is 119 Å². The van der Waals surface area contributed by atoms with Crippen LogP contribution in [0, 0.1) is 18.6 Å². The molecule has 1 aromatic heterocycles. The van der Waals surface area contributed by atoms with E-state index in [4.69, 9.17) is 10.4 Å². The van der Waals surface area contributed by atoms with Crippen LogP contribution in [-0.2, 0) is 6.42 Å². The zero-order valence-corrected chi connectivity index (χ0v) is 13.7. The van der Waals surface area contributed by atoms with Crippen molar-refractivity contribution in [2.45, 2.75) is 22.8 Å². The van der Waals surface area contributed by atoms with Gasteiger partial charge in [-0.15, -0.1) is 10.2 Å². The first kappa shape index (κ1) is 16.9. The third-order valence-electron chi connectivity index (χ3n) is 3.51. The number of nitrogens with zero attached hydrogens (tertiary/aromatic N) is 2. The lowest BCUT2D eigenvalue weighted by Gasteiger charge is -2.28. The summed E-state index contributed by atoms with van der Waals surface area (Å²) in [6, 6.07) is 0. The SMILES string of the molecule is Cc1c(F)c(F)c2c(c1C(=O)O)OB(O)[C@@H](Sc1nnc(N)s1)C2. The molecule has 1 aliphatic rings. The molecule has 1 aromatic carbocycles. The molecule has 3 rings (SSSR count). The number of fused-ring (bicyclic) bond motifs is 1. The van der Waals surface area contributed by atoms with Crippen LogP contribution in [0.15, 0.2) is 4.34 Å². The smallest absolute Gasteiger partial charge is 0.535 e. The number of rotatable bonds is 3. The van der Waals surface area contributed by atoms with Gasteiger partial charge in [0.2, 0.25) is 5.13 Å². The number of thioether (sulfide) groups is 1. The summed E-state index contributed by atoms with van der Waals surface area (Å²) in [7, 11) is -1.42. The second kappa shape index (κ2) is 6.18. The van der Waals surface area contributed by atoms with E-state index in [1.165, 1.54) is 0 Å². The minimum atomic E-state index is -1.46. The van der Waals surface area contributed by atoms with Gasteiger partial charge in [-0.1, -0.05) is 23.1 Å². The second-order valence-electron chi connectivity index (χ2n) is 5.02. The van der Waals surface area contributed by atoms with E-state index in [0.717, 1.165) is 30.0 Å². The molecule has 0 fully saturated rings. The van der Waals surface area contributed by atoms with Gasteiger partial charge < -0.3 is 20.5 Å². The van der Waals surface area contributed by atoms with Crippen molar-refractivity contribution in [1.82, 2.24) is 10.2 Å². The summed E-state index contributed by atoms with van der Waals surface area (Å²) in [5, 5.41) is 26.3. The van der Waals surface area contributed by atoms with Crippen molar-refractivity contribution in [3.63, 3.8) is 0 Å². The zero-order valence-electron chi connectivity index (χ0n) is 12.1. The monoisotopic (exact) mass is 373 g/mol. The van der Waals surface area contributed by atoms with Gasteiger partial charge in [0.15, 0.2) is 16.0 Å². The van der Waals surface area contributed by atoms with Crippen molar-refractivity contribution in [2.75, 3.05) is 5.73 Å². The molecule has 2 heterocycles. The zero-order chi connectivity index (χ0) is 17.6. The van der Waals surface area contributed by atoms with E-state index < -0.39 is 35.4 Å². The Bertz CT molecular complexity index is 835. The van der Waals surface area contributed by atoms with Crippen LogP contribution in [0.5, 0.6) is 5.75 Å². The third-order valence-corrected chi connectivity index (χ3v) is 5.58. The fourth-order valence-corrected chi connectivity index (χ4v) is 4.32. The first-order valence-corrected chi connectivity index (χ1v) is 8.33. The molecule has 1 atom stereocenters. The average molecular weight is 373 g/mol. The number of aromatic carboxylic acids is 1. The van der Waals surface area contributed by atoms with E-state index in [-0.39, 0.29) is 28.4 Å². The Balaban J connectivity index is 2.01. The number of hydrogen-bond donors (Lipinski definition) is 3. The highest BCUT2D eigenvalue weighted by molar-refractivity contribution is 8.02. The molecule has 0 aliphatic carbocycles. The van der Waals surface area contributed by atoms with Gasteiger partial charge in [0.05, 0.1) is 5.15 Å². The van der Waals surface area contributed by atoms with Gasteiger partial charge in [0, 0.05) is 11.1 Å². The van der Waals surface area contributed by atoms with Gasteiger partial charge in [0.1, 0.15) is 11.3 Å². The number of hydrogen-bond acceptors (Lipinski definition) is 8. The highest BCUT2D eigenvalue weighted by Crippen LogP contribution is 2.40. The molecule has 1 aliphatic heterocycles. The maximum absolute atomic E-state index is 14.2. The average Bonchev–Trinajstić information content (AvgIpc) is 2.92. The summed E-state index contributed by atoms with van der Waals surface area (Å²) >= 11 is 2.12. The molecule has 0 saturated carbocycles. The molecule has 0 unspecified atom stereocenters. The standard InChI is InChI=1S/C12H10BF2N3O4S2/c1-3-6(10(19)20)9-4(8(15)7(3)14)2-5(13(21)22-9)23-12-18-17-11(16)24-12/h5,21H,2H2,1H3,(H2,16,17)(H,19,20)/t5-/m0/s1. The van der Waals surface area contributed by atoms with Gasteiger partial charge in [0.25, 0.3) is 0 Å². The van der Waals surface area contributed by atoms with E-state index in [9.17, 15) is 23.7 Å². The molecule has 12 heteroatoms. The van der Waals surface area contributed by atoms with Crippen LogP contribution in [0.4, 0.5) is 13.9 Å². The molecule has 0 spiro atoms. The minimum Gasteiger partial charge on any atom is -0.535 e. The largest absolute Gasteiger partial charge is 0.537 e. The summed E-state index contributed by atoms with van der Waals surface area (Å²) in [5.74, 6) is -4.23. The van der Waals surface area contributed by atoms with Crippen molar-refractivity contribution >= 4 is 41.3 Å². The van der Waals surface area contributed by atoms with Crippen molar-refractivity contribution in [3.8, 4) is 5.75 Å². The lowest BCUT2D eigenvalue weighted by molar-refractivity contribution is 0.0692. The Morgan fingerprint density at radius 2 is 2.17 bits per heavy atom. The van der Waals surface area contributed by atoms with Crippen LogP contribution < -0.4 is 10.4 Å². The lowest BCUT2D eigenvalue weighted by Crippen LogP contribution is -2.41. The molecule has 126 valence electrons. The Hall–Kier alpha value is -1.92. The summed E-state index contributed by atoms with van der Waals surface area (Å²) < 4.78 is 33.9. The summed E-state index contributed by atoms with van der Waals surface area (Å²) in [4.78, 5) is 11.4. The molecule has 2 aromatic rings. The first-order chi connectivity index (χ1) is 11.3. The highest BCUT2D eigenvalue weighted by Gasteiger charge is 2.41. The Morgan fingerprint density at radius 3 is 2.75 bits per heavy atom. The van der Waals surface area contributed by atoms with Crippen LogP contribution in [0.25, 0.3) is 0 Å². The van der Waals surface area contributed by atoms with Crippen LogP contribution in [-0.4, -0.2) is 38.6 Å². The Kier molecular flexibility index (Phi) is 4.36. The molecule has 7 nitrogen and oxygen atoms in total. The molecule has 0 amide bonds. The second-order valence-corrected chi connectivity index (χ2v) is 7.51. The maximum atomic E-state index is 14.2. The maximum Gasteiger partial charge on any atom is 0.537 e. The van der Waals surface area contributed by atoms with E-state index >= 15 is 0 Å². The minimum absolute atomic E-state index is 0.135. The van der Waals surface area contributed by atoms with E-state index in [2.05, 4.69) is 10.2 Å². The molecule has 0 saturated heterocycles. The van der Waals surface area contributed by atoms with Crippen molar-refractivity contribution < 1.29 is 28.4 Å². The predicted octanol–water partition coefficient (Wildman–Crippen LogP) is 1.52. The number of benzene rings is 1. The number of aromatic nitrogens is 2. The predicted molar refractivity (Wildman–Crippen MR) is 84.3 cm³/mol. The van der Waals surface area contributed by atoms with E-state index in [1.54, 1.807) is 0 Å². The summed E-state index contributed by atoms with van der Waals surface area (Å²) in [6.45, 7) is 1.14. The highest BCUT2D eigenvalue weighted by atomic mass is 32.2. The lowest BCUT2D eigenvalue weighted by atomic mass is 9.76. The van der Waals surface area contributed by atoms with Gasteiger partial charge in [-0.3, -0.25) is 0 Å². The quantitative estimate of drug-likeness (QED) is 0.693. The van der Waals surface area contributed by atoms with Crippen molar-refractivity contribution in [1.29, 1.82) is 0 Å². The third kappa shape index (κ3) is 2.80. The fraction of sp³-hybridized carbons (Fsp3) is 0.250. The van der Waals surface area contributed by atoms with Crippen LogP contribution in [0.2, 0.25) is 0 Å². The normalized spacial score (nSPS) is 16.7.